The minimum Gasteiger partial charge on any atom is -0.497 e. The number of carbonyl (C=O) groups excluding carboxylic acids is 1. The smallest absolute Gasteiger partial charge is 0.258 e. The van der Waals surface area contributed by atoms with Crippen LogP contribution in [0.2, 0.25) is 0 Å². The Morgan fingerprint density at radius 3 is 2.47 bits per heavy atom. The van der Waals surface area contributed by atoms with Gasteiger partial charge in [-0.05, 0) is 42.5 Å². The molecule has 0 aliphatic carbocycles. The fourth-order valence-corrected chi connectivity index (χ4v) is 4.08. The molecular formula is C23H22N4O3. The van der Waals surface area contributed by atoms with E-state index < -0.39 is 0 Å². The molecule has 1 fully saturated rings. The fraction of sp³-hybridized carbons (Fsp3) is 0.217. The maximum Gasteiger partial charge on any atom is 0.258 e. The van der Waals surface area contributed by atoms with Crippen LogP contribution in [0.15, 0.2) is 65.6 Å². The van der Waals surface area contributed by atoms with E-state index in [-0.39, 0.29) is 11.5 Å². The molecule has 1 aliphatic heterocycles. The molecule has 7 nitrogen and oxygen atoms in total. The van der Waals surface area contributed by atoms with Gasteiger partial charge in [-0.25, -0.2) is 0 Å². The standard InChI is InChI=1S/C23H22N4O3/c1-30-18-8-6-17(7-9-18)25-10-12-26(13-11-25)23(29)16-14-21-24-22(28)19-4-2-3-5-20(19)27(21)15-16/h2-9,14-15H,10-13H2,1H3,(H,24,28). The number of carbonyl (C=O) groups is 1. The van der Waals surface area contributed by atoms with Gasteiger partial charge >= 0.3 is 0 Å². The molecule has 4 aromatic rings. The second-order valence-electron chi connectivity index (χ2n) is 7.43. The van der Waals surface area contributed by atoms with Gasteiger partial charge in [0.05, 0.1) is 23.6 Å². The van der Waals surface area contributed by atoms with Crippen molar-refractivity contribution >= 4 is 28.1 Å². The molecule has 3 heterocycles. The van der Waals surface area contributed by atoms with Gasteiger partial charge in [-0.15, -0.1) is 0 Å². The number of rotatable bonds is 3. The van der Waals surface area contributed by atoms with Crippen LogP contribution in [-0.2, 0) is 0 Å². The van der Waals surface area contributed by atoms with Crippen molar-refractivity contribution < 1.29 is 9.53 Å². The Kier molecular flexibility index (Phi) is 4.43. The number of hydrogen-bond donors (Lipinski definition) is 1. The highest BCUT2D eigenvalue weighted by Crippen LogP contribution is 2.22. The molecule has 7 heteroatoms. The number of anilines is 1. The van der Waals surface area contributed by atoms with Crippen LogP contribution in [0.25, 0.3) is 16.6 Å². The van der Waals surface area contributed by atoms with Gasteiger partial charge in [0.2, 0.25) is 0 Å². The molecule has 30 heavy (non-hydrogen) atoms. The summed E-state index contributed by atoms with van der Waals surface area (Å²) in [6, 6.07) is 17.1. The van der Waals surface area contributed by atoms with Gasteiger partial charge in [-0.3, -0.25) is 9.59 Å². The third kappa shape index (κ3) is 3.08. The van der Waals surface area contributed by atoms with E-state index in [0.717, 1.165) is 30.0 Å². The molecule has 152 valence electrons. The zero-order valence-electron chi connectivity index (χ0n) is 16.7. The van der Waals surface area contributed by atoms with Gasteiger partial charge in [-0.2, -0.15) is 0 Å². The molecule has 0 atom stereocenters. The molecule has 1 amide bonds. The highest BCUT2D eigenvalue weighted by molar-refractivity contribution is 5.96. The first-order valence-electron chi connectivity index (χ1n) is 9.95. The first kappa shape index (κ1) is 18.3. The van der Waals surface area contributed by atoms with Crippen LogP contribution < -0.4 is 15.2 Å². The van der Waals surface area contributed by atoms with Crippen molar-refractivity contribution in [2.75, 3.05) is 38.2 Å². The van der Waals surface area contributed by atoms with Crippen LogP contribution in [0.1, 0.15) is 10.4 Å². The van der Waals surface area contributed by atoms with Crippen molar-refractivity contribution in [3.8, 4) is 5.75 Å². The molecule has 1 aliphatic rings. The van der Waals surface area contributed by atoms with Gasteiger partial charge in [-0.1, -0.05) is 12.1 Å². The van der Waals surface area contributed by atoms with Crippen LogP contribution in [0, 0.1) is 0 Å². The number of aromatic amines is 1. The van der Waals surface area contributed by atoms with Crippen molar-refractivity contribution in [3.63, 3.8) is 0 Å². The minimum atomic E-state index is -0.150. The summed E-state index contributed by atoms with van der Waals surface area (Å²) >= 11 is 0. The number of piperazine rings is 1. The molecule has 2 aromatic carbocycles. The lowest BCUT2D eigenvalue weighted by Crippen LogP contribution is -2.48. The van der Waals surface area contributed by atoms with E-state index in [9.17, 15) is 9.59 Å². The lowest BCUT2D eigenvalue weighted by Gasteiger charge is -2.36. The minimum absolute atomic E-state index is 0.0157. The number of benzene rings is 2. The molecule has 0 radical (unpaired) electrons. The number of hydrogen-bond acceptors (Lipinski definition) is 4. The van der Waals surface area contributed by atoms with Crippen molar-refractivity contribution in [2.24, 2.45) is 0 Å². The normalized spacial score (nSPS) is 14.4. The molecule has 1 saturated heterocycles. The number of nitrogens with one attached hydrogen (secondary N) is 1. The summed E-state index contributed by atoms with van der Waals surface area (Å²) < 4.78 is 7.09. The first-order chi connectivity index (χ1) is 14.6. The summed E-state index contributed by atoms with van der Waals surface area (Å²) in [5.41, 5.74) is 2.98. The van der Waals surface area contributed by atoms with Crippen LogP contribution in [0.4, 0.5) is 5.69 Å². The van der Waals surface area contributed by atoms with Crippen LogP contribution in [-0.4, -0.2) is 53.5 Å². The van der Waals surface area contributed by atoms with E-state index in [4.69, 9.17) is 4.74 Å². The Bertz CT molecular complexity index is 1280. The molecule has 1 N–H and O–H groups in total. The Hall–Kier alpha value is -3.74. The molecule has 0 spiro atoms. The molecule has 5 rings (SSSR count). The monoisotopic (exact) mass is 402 g/mol. The van der Waals surface area contributed by atoms with E-state index in [0.29, 0.717) is 29.7 Å². The molecule has 2 aromatic heterocycles. The zero-order chi connectivity index (χ0) is 20.7. The summed E-state index contributed by atoms with van der Waals surface area (Å²) in [6.45, 7) is 2.83. The highest BCUT2D eigenvalue weighted by atomic mass is 16.5. The van der Waals surface area contributed by atoms with Crippen LogP contribution in [0.3, 0.4) is 0 Å². The topological polar surface area (TPSA) is 70.0 Å². The van der Waals surface area contributed by atoms with E-state index >= 15 is 0 Å². The first-order valence-corrected chi connectivity index (χ1v) is 9.95. The molecule has 0 unspecified atom stereocenters. The quantitative estimate of drug-likeness (QED) is 0.572. The Labute approximate surface area is 173 Å². The Morgan fingerprint density at radius 1 is 1.00 bits per heavy atom. The Morgan fingerprint density at radius 2 is 1.73 bits per heavy atom. The average Bonchev–Trinajstić information content (AvgIpc) is 3.23. The lowest BCUT2D eigenvalue weighted by molar-refractivity contribution is 0.0747. The van der Waals surface area contributed by atoms with E-state index in [1.54, 1.807) is 19.2 Å². The van der Waals surface area contributed by atoms with Crippen LogP contribution in [0.5, 0.6) is 5.75 Å². The van der Waals surface area contributed by atoms with Crippen LogP contribution >= 0.6 is 0 Å². The van der Waals surface area contributed by atoms with Crippen molar-refractivity contribution in [3.05, 3.63) is 76.7 Å². The number of methoxy groups -OCH3 is 1. The molecule has 0 bridgehead atoms. The molecular weight excluding hydrogens is 380 g/mol. The second-order valence-corrected chi connectivity index (χ2v) is 7.43. The number of H-pyrrole nitrogens is 1. The summed E-state index contributed by atoms with van der Waals surface area (Å²) in [7, 11) is 1.66. The van der Waals surface area contributed by atoms with Crippen molar-refractivity contribution in [1.29, 1.82) is 0 Å². The zero-order valence-corrected chi connectivity index (χ0v) is 16.7. The van der Waals surface area contributed by atoms with Gasteiger partial charge in [0, 0.05) is 38.1 Å². The highest BCUT2D eigenvalue weighted by Gasteiger charge is 2.23. The second kappa shape index (κ2) is 7.26. The lowest BCUT2D eigenvalue weighted by atomic mass is 10.2. The van der Waals surface area contributed by atoms with Crippen molar-refractivity contribution in [1.82, 2.24) is 14.3 Å². The summed E-state index contributed by atoms with van der Waals surface area (Å²) in [5, 5.41) is 0.604. The number of para-hydroxylation sites is 1. The van der Waals surface area contributed by atoms with Gasteiger partial charge in [0.15, 0.2) is 0 Å². The van der Waals surface area contributed by atoms with Gasteiger partial charge in [0.25, 0.3) is 11.5 Å². The number of amides is 1. The molecule has 0 saturated carbocycles. The fourth-order valence-electron chi connectivity index (χ4n) is 4.08. The predicted octanol–water partition coefficient (Wildman–Crippen LogP) is 2.75. The summed E-state index contributed by atoms with van der Waals surface area (Å²) in [5.74, 6) is 0.817. The third-order valence-corrected chi connectivity index (χ3v) is 5.72. The number of nitrogens with zero attached hydrogens (tertiary/aromatic N) is 3. The largest absolute Gasteiger partial charge is 0.497 e. The average molecular weight is 402 g/mol. The Balaban J connectivity index is 1.36. The van der Waals surface area contributed by atoms with Gasteiger partial charge in [0.1, 0.15) is 11.4 Å². The number of fused-ring (bicyclic) bond motifs is 3. The SMILES string of the molecule is COc1ccc(N2CCN(C(=O)c3cc4[nH]c(=O)c5ccccc5n4c3)CC2)cc1. The van der Waals surface area contributed by atoms with Crippen molar-refractivity contribution in [2.45, 2.75) is 0 Å². The maximum atomic E-state index is 13.1. The van der Waals surface area contributed by atoms with Gasteiger partial charge < -0.3 is 23.9 Å². The number of ether oxygens (including phenoxy) is 1. The third-order valence-electron chi connectivity index (χ3n) is 5.72. The summed E-state index contributed by atoms with van der Waals surface area (Å²) in [6.07, 6.45) is 1.81. The maximum absolute atomic E-state index is 13.1. The number of aromatic nitrogens is 2. The van der Waals surface area contributed by atoms with E-state index in [1.165, 1.54) is 0 Å². The predicted molar refractivity (Wildman–Crippen MR) is 117 cm³/mol. The summed E-state index contributed by atoms with van der Waals surface area (Å²) in [4.78, 5) is 32.4. The van der Waals surface area contributed by atoms with E-state index in [1.807, 2.05) is 58.0 Å². The van der Waals surface area contributed by atoms with E-state index in [2.05, 4.69) is 9.88 Å².